The van der Waals surface area contributed by atoms with Crippen LogP contribution in [0.1, 0.15) is 37.1 Å². The number of anilines is 2. The number of rotatable bonds is 5. The van der Waals surface area contributed by atoms with Crippen LogP contribution in [0.15, 0.2) is 72.9 Å². The average molecular weight is 374 g/mol. The fourth-order valence-corrected chi connectivity index (χ4v) is 3.43. The lowest BCUT2D eigenvalue weighted by Crippen LogP contribution is -2.32. The summed E-state index contributed by atoms with van der Waals surface area (Å²) in [5.41, 5.74) is 2.10. The molecule has 0 aliphatic carbocycles. The maximum Gasteiger partial charge on any atom is 0.416 e. The maximum atomic E-state index is 12.5. The fraction of sp³-hybridized carbons (Fsp3) is 0.227. The molecule has 4 rings (SSSR count). The van der Waals surface area contributed by atoms with Crippen molar-refractivity contribution < 1.29 is 9.53 Å². The van der Waals surface area contributed by atoms with Crippen LogP contribution < -0.4 is 10.2 Å². The summed E-state index contributed by atoms with van der Waals surface area (Å²) < 4.78 is 5.62. The van der Waals surface area contributed by atoms with E-state index in [0.29, 0.717) is 11.8 Å². The van der Waals surface area contributed by atoms with Crippen LogP contribution in [0.25, 0.3) is 0 Å². The van der Waals surface area contributed by atoms with Gasteiger partial charge in [0.25, 0.3) is 0 Å². The van der Waals surface area contributed by atoms with E-state index in [-0.39, 0.29) is 18.2 Å². The predicted octanol–water partition coefficient (Wildman–Crippen LogP) is 4.74. The number of carbonyl (C=O) groups excluding carboxylic acids is 1. The Balaban J connectivity index is 1.55. The van der Waals surface area contributed by atoms with Crippen molar-refractivity contribution in [1.29, 1.82) is 0 Å². The predicted molar refractivity (Wildman–Crippen MR) is 108 cm³/mol. The van der Waals surface area contributed by atoms with Gasteiger partial charge in [0.1, 0.15) is 11.9 Å². The lowest BCUT2D eigenvalue weighted by atomic mass is 10.0. The van der Waals surface area contributed by atoms with E-state index in [1.165, 1.54) is 0 Å². The first-order valence-corrected chi connectivity index (χ1v) is 9.33. The van der Waals surface area contributed by atoms with Gasteiger partial charge in [-0.1, -0.05) is 60.7 Å². The van der Waals surface area contributed by atoms with Crippen LogP contribution in [0.5, 0.6) is 0 Å². The van der Waals surface area contributed by atoms with Crippen molar-refractivity contribution in [3.8, 4) is 0 Å². The number of amides is 1. The number of hydrogen-bond acceptors (Lipinski definition) is 5. The van der Waals surface area contributed by atoms with Gasteiger partial charge < -0.3 is 10.1 Å². The standard InChI is InChI=1S/C22H22N4O2/c1-15(17-9-5-3-6-10-17)24-21-23-14-13-19(25-21)26-16(2)20(28-22(26)27)18-11-7-4-8-12-18/h3-16,20H,1-2H3,(H,23,24,25)/t15-,16?,20?/m1/s1. The molecule has 2 heterocycles. The van der Waals surface area contributed by atoms with E-state index >= 15 is 0 Å². The van der Waals surface area contributed by atoms with E-state index in [2.05, 4.69) is 15.3 Å². The first-order valence-electron chi connectivity index (χ1n) is 9.33. The van der Waals surface area contributed by atoms with Crippen molar-refractivity contribution in [1.82, 2.24) is 9.97 Å². The molecule has 1 aromatic heterocycles. The molecule has 0 spiro atoms. The molecule has 2 unspecified atom stereocenters. The van der Waals surface area contributed by atoms with Crippen molar-refractivity contribution >= 4 is 17.9 Å². The van der Waals surface area contributed by atoms with Gasteiger partial charge in [0, 0.05) is 6.20 Å². The first-order chi connectivity index (χ1) is 13.6. The van der Waals surface area contributed by atoms with Gasteiger partial charge in [0.05, 0.1) is 12.1 Å². The van der Waals surface area contributed by atoms with Crippen LogP contribution in [0, 0.1) is 0 Å². The topological polar surface area (TPSA) is 67.3 Å². The Bertz CT molecular complexity index is 949. The van der Waals surface area contributed by atoms with Crippen LogP contribution in [0.3, 0.4) is 0 Å². The molecule has 1 N–H and O–H groups in total. The highest BCUT2D eigenvalue weighted by molar-refractivity contribution is 5.89. The molecule has 1 amide bonds. The van der Waals surface area contributed by atoms with Crippen molar-refractivity contribution in [2.24, 2.45) is 0 Å². The monoisotopic (exact) mass is 374 g/mol. The van der Waals surface area contributed by atoms with Gasteiger partial charge in [-0.2, -0.15) is 4.98 Å². The largest absolute Gasteiger partial charge is 0.439 e. The van der Waals surface area contributed by atoms with Crippen LogP contribution in [-0.4, -0.2) is 22.1 Å². The molecule has 1 fully saturated rings. The van der Waals surface area contributed by atoms with E-state index in [9.17, 15) is 4.79 Å². The summed E-state index contributed by atoms with van der Waals surface area (Å²) in [4.78, 5) is 23.0. The molecule has 1 aliphatic rings. The van der Waals surface area contributed by atoms with Gasteiger partial charge in [0.2, 0.25) is 5.95 Å². The summed E-state index contributed by atoms with van der Waals surface area (Å²) in [5, 5.41) is 3.29. The molecule has 28 heavy (non-hydrogen) atoms. The molecule has 1 aliphatic heterocycles. The quantitative estimate of drug-likeness (QED) is 0.699. The van der Waals surface area contributed by atoms with Gasteiger partial charge in [-0.25, -0.2) is 9.78 Å². The zero-order chi connectivity index (χ0) is 19.5. The first kappa shape index (κ1) is 18.0. The summed E-state index contributed by atoms with van der Waals surface area (Å²) in [6, 6.07) is 21.4. The van der Waals surface area contributed by atoms with E-state index in [4.69, 9.17) is 4.74 Å². The summed E-state index contributed by atoms with van der Waals surface area (Å²) >= 11 is 0. The minimum atomic E-state index is -0.401. The fourth-order valence-electron chi connectivity index (χ4n) is 3.43. The Kier molecular flexibility index (Phi) is 4.93. The van der Waals surface area contributed by atoms with Crippen molar-refractivity contribution in [2.75, 3.05) is 10.2 Å². The molecule has 3 atom stereocenters. The van der Waals surface area contributed by atoms with Crippen LogP contribution in [0.4, 0.5) is 16.6 Å². The molecular weight excluding hydrogens is 352 g/mol. The molecule has 3 aromatic rings. The highest BCUT2D eigenvalue weighted by Crippen LogP contribution is 2.35. The third-order valence-corrected chi connectivity index (χ3v) is 4.93. The molecule has 0 radical (unpaired) electrons. The van der Waals surface area contributed by atoms with Crippen LogP contribution in [0.2, 0.25) is 0 Å². The summed E-state index contributed by atoms with van der Waals surface area (Å²) in [6.07, 6.45) is 0.920. The van der Waals surface area contributed by atoms with Crippen molar-refractivity contribution in [3.63, 3.8) is 0 Å². The molecule has 6 heteroatoms. The van der Waals surface area contributed by atoms with Gasteiger partial charge in [-0.05, 0) is 31.0 Å². The Morgan fingerprint density at radius 2 is 1.71 bits per heavy atom. The van der Waals surface area contributed by atoms with Crippen molar-refractivity contribution in [2.45, 2.75) is 32.0 Å². The summed E-state index contributed by atoms with van der Waals surface area (Å²) in [5.74, 6) is 0.991. The Labute approximate surface area is 164 Å². The minimum Gasteiger partial charge on any atom is -0.439 e. The van der Waals surface area contributed by atoms with Gasteiger partial charge in [-0.15, -0.1) is 0 Å². The number of benzene rings is 2. The number of aromatic nitrogens is 2. The van der Waals surface area contributed by atoms with E-state index in [1.54, 1.807) is 17.2 Å². The molecule has 2 aromatic carbocycles. The maximum absolute atomic E-state index is 12.5. The Morgan fingerprint density at radius 1 is 1.04 bits per heavy atom. The Hall–Kier alpha value is -3.41. The van der Waals surface area contributed by atoms with E-state index < -0.39 is 6.09 Å². The second-order valence-corrected chi connectivity index (χ2v) is 6.84. The molecule has 142 valence electrons. The third kappa shape index (κ3) is 3.53. The van der Waals surface area contributed by atoms with E-state index in [1.807, 2.05) is 74.5 Å². The Morgan fingerprint density at radius 3 is 2.43 bits per heavy atom. The molecular formula is C22H22N4O2. The molecule has 6 nitrogen and oxygen atoms in total. The summed E-state index contributed by atoms with van der Waals surface area (Å²) in [6.45, 7) is 4.01. The van der Waals surface area contributed by atoms with Gasteiger partial charge in [0.15, 0.2) is 0 Å². The van der Waals surface area contributed by atoms with E-state index in [0.717, 1.165) is 11.1 Å². The van der Waals surface area contributed by atoms with Gasteiger partial charge in [-0.3, -0.25) is 4.90 Å². The van der Waals surface area contributed by atoms with Crippen molar-refractivity contribution in [3.05, 3.63) is 84.1 Å². The second kappa shape index (κ2) is 7.68. The SMILES string of the molecule is CC1C(c2ccccc2)OC(=O)N1c1ccnc(N[C@H](C)c2ccccc2)n1. The number of nitrogens with zero attached hydrogens (tertiary/aromatic N) is 3. The zero-order valence-corrected chi connectivity index (χ0v) is 15.8. The lowest BCUT2D eigenvalue weighted by Gasteiger charge is -2.21. The molecule has 1 saturated heterocycles. The number of hydrogen-bond donors (Lipinski definition) is 1. The molecule has 0 bridgehead atoms. The third-order valence-electron chi connectivity index (χ3n) is 4.93. The molecule has 0 saturated carbocycles. The highest BCUT2D eigenvalue weighted by atomic mass is 16.6. The minimum absolute atomic E-state index is 0.0384. The summed E-state index contributed by atoms with van der Waals surface area (Å²) in [7, 11) is 0. The number of carbonyl (C=O) groups is 1. The second-order valence-electron chi connectivity index (χ2n) is 6.84. The zero-order valence-electron chi connectivity index (χ0n) is 15.8. The highest BCUT2D eigenvalue weighted by Gasteiger charge is 2.41. The lowest BCUT2D eigenvalue weighted by molar-refractivity contribution is 0.134. The van der Waals surface area contributed by atoms with Gasteiger partial charge >= 0.3 is 6.09 Å². The smallest absolute Gasteiger partial charge is 0.416 e. The normalized spacial score (nSPS) is 19.9. The average Bonchev–Trinajstić information content (AvgIpc) is 3.03. The number of nitrogens with one attached hydrogen (secondary N) is 1. The van der Waals surface area contributed by atoms with Crippen LogP contribution >= 0.6 is 0 Å². The number of cyclic esters (lactones) is 1. The van der Waals surface area contributed by atoms with Crippen LogP contribution in [-0.2, 0) is 4.74 Å². The number of ether oxygens (including phenoxy) is 1.